The number of nitrogens with zero attached hydrogens (tertiary/aromatic N) is 3. The molecule has 0 saturated carbocycles. The lowest BCUT2D eigenvalue weighted by Gasteiger charge is -2.10. The summed E-state index contributed by atoms with van der Waals surface area (Å²) < 4.78 is 13.0. The van der Waals surface area contributed by atoms with Gasteiger partial charge in [-0.05, 0) is 40.2 Å². The van der Waals surface area contributed by atoms with Crippen molar-refractivity contribution in [2.24, 2.45) is 4.99 Å². The Morgan fingerprint density at radius 2 is 2.07 bits per heavy atom. The van der Waals surface area contributed by atoms with Gasteiger partial charge in [0.25, 0.3) is 5.91 Å². The number of anilines is 1. The lowest BCUT2D eigenvalue weighted by atomic mass is 9.51. The predicted octanol–water partition coefficient (Wildman–Crippen LogP) is 4.41. The van der Waals surface area contributed by atoms with Gasteiger partial charge in [0.15, 0.2) is 5.82 Å². The summed E-state index contributed by atoms with van der Waals surface area (Å²) in [7, 11) is 0. The second-order valence-electron chi connectivity index (χ2n) is 7.52. The van der Waals surface area contributed by atoms with Gasteiger partial charge in [0.1, 0.15) is 30.6 Å². The summed E-state index contributed by atoms with van der Waals surface area (Å²) in [6.45, 7) is 12.9. The molecule has 0 radical (unpaired) electrons. The summed E-state index contributed by atoms with van der Waals surface area (Å²) in [5.41, 5.74) is 2.44. The van der Waals surface area contributed by atoms with E-state index in [2.05, 4.69) is 39.2 Å². The van der Waals surface area contributed by atoms with E-state index in [0.29, 0.717) is 42.7 Å². The van der Waals surface area contributed by atoms with Gasteiger partial charge in [-0.15, -0.1) is 0 Å². The zero-order valence-corrected chi connectivity index (χ0v) is 18.4. The van der Waals surface area contributed by atoms with Crippen LogP contribution in [0.5, 0.6) is 0 Å². The number of halogens is 1. The minimum Gasteiger partial charge on any atom is -0.365 e. The van der Waals surface area contributed by atoms with Crippen molar-refractivity contribution in [2.45, 2.75) is 60.3 Å². The largest absolute Gasteiger partial charge is 0.365 e. The van der Waals surface area contributed by atoms with E-state index in [1.807, 2.05) is 26.0 Å². The monoisotopic (exact) mass is 401 g/mol. The second-order valence-corrected chi connectivity index (χ2v) is 7.52. The molecule has 0 aromatic carbocycles. The van der Waals surface area contributed by atoms with E-state index in [1.165, 1.54) is 13.3 Å². The van der Waals surface area contributed by atoms with Gasteiger partial charge in [-0.2, -0.15) is 0 Å². The average Bonchev–Trinajstić information content (AvgIpc) is 2.63. The van der Waals surface area contributed by atoms with E-state index >= 15 is 0 Å². The number of rotatable bonds is 11. The smallest absolute Gasteiger partial charge is 0.265 e. The molecule has 0 fully saturated rings. The molecule has 0 saturated heterocycles. The Morgan fingerprint density at radius 3 is 2.72 bits per heavy atom. The SMILES string of the molecule is CB(C)CCCNC(=O)/C(C)=N/c1c(C)ncnc1NC/C=C\C(C)=C/C(C)F. The molecule has 158 valence electrons. The molecule has 8 heteroatoms. The molecule has 2 N–H and O–H groups in total. The first-order chi connectivity index (χ1) is 13.7. The Balaban J connectivity index is 2.77. The van der Waals surface area contributed by atoms with Crippen LogP contribution in [0, 0.1) is 6.92 Å². The molecular weight excluding hydrogens is 368 g/mol. The molecule has 1 unspecified atom stereocenters. The molecule has 1 atom stereocenters. The summed E-state index contributed by atoms with van der Waals surface area (Å²) in [4.78, 5) is 25.2. The van der Waals surface area contributed by atoms with Crippen LogP contribution in [0.15, 0.2) is 35.1 Å². The lowest BCUT2D eigenvalue weighted by molar-refractivity contribution is -0.114. The Hall–Kier alpha value is -2.51. The number of alkyl halides is 1. The van der Waals surface area contributed by atoms with Crippen LogP contribution in [-0.4, -0.2) is 47.6 Å². The quantitative estimate of drug-likeness (QED) is 0.249. The minimum absolute atomic E-state index is 0.191. The van der Waals surface area contributed by atoms with Crippen LogP contribution in [0.4, 0.5) is 15.9 Å². The van der Waals surface area contributed by atoms with Crippen LogP contribution >= 0.6 is 0 Å². The van der Waals surface area contributed by atoms with Crippen LogP contribution in [0.25, 0.3) is 0 Å². The van der Waals surface area contributed by atoms with Gasteiger partial charge in [-0.1, -0.05) is 37.7 Å². The second kappa shape index (κ2) is 12.9. The van der Waals surface area contributed by atoms with Crippen molar-refractivity contribution >= 4 is 29.8 Å². The highest BCUT2D eigenvalue weighted by atomic mass is 19.1. The van der Waals surface area contributed by atoms with Crippen LogP contribution in [0.3, 0.4) is 0 Å². The van der Waals surface area contributed by atoms with Gasteiger partial charge in [-0.25, -0.2) is 19.4 Å². The van der Waals surface area contributed by atoms with Crippen molar-refractivity contribution < 1.29 is 9.18 Å². The number of allylic oxidation sites excluding steroid dienone is 3. The molecule has 0 aliphatic heterocycles. The summed E-state index contributed by atoms with van der Waals surface area (Å²) in [6, 6.07) is 0. The number of hydrogen-bond donors (Lipinski definition) is 2. The fourth-order valence-electron chi connectivity index (χ4n) is 2.61. The average molecular weight is 401 g/mol. The van der Waals surface area contributed by atoms with E-state index in [-0.39, 0.29) is 5.91 Å². The molecule has 6 nitrogen and oxygen atoms in total. The van der Waals surface area contributed by atoms with Crippen LogP contribution in [0.1, 0.15) is 32.9 Å². The minimum atomic E-state index is -0.974. The number of aliphatic imine (C=N–C) groups is 1. The van der Waals surface area contributed by atoms with E-state index in [9.17, 15) is 9.18 Å². The van der Waals surface area contributed by atoms with Crippen molar-refractivity contribution in [3.8, 4) is 0 Å². The molecular formula is C21H33BFN5O. The molecule has 1 heterocycles. The highest BCUT2D eigenvalue weighted by molar-refractivity contribution is 6.55. The van der Waals surface area contributed by atoms with Gasteiger partial charge >= 0.3 is 0 Å². The van der Waals surface area contributed by atoms with Gasteiger partial charge in [0, 0.05) is 13.1 Å². The Morgan fingerprint density at radius 1 is 1.34 bits per heavy atom. The number of amides is 1. The van der Waals surface area contributed by atoms with Gasteiger partial charge in [-0.3, -0.25) is 4.79 Å². The topological polar surface area (TPSA) is 79.3 Å². The summed E-state index contributed by atoms with van der Waals surface area (Å²) in [6.07, 6.45) is 7.77. The van der Waals surface area contributed by atoms with Gasteiger partial charge in [0.05, 0.1) is 5.69 Å². The third-order valence-corrected chi connectivity index (χ3v) is 4.12. The first kappa shape index (κ1) is 24.5. The fraction of sp³-hybridized carbons (Fsp3) is 0.524. The molecule has 0 bridgehead atoms. The third kappa shape index (κ3) is 10.0. The highest BCUT2D eigenvalue weighted by Gasteiger charge is 2.11. The highest BCUT2D eigenvalue weighted by Crippen LogP contribution is 2.25. The van der Waals surface area contributed by atoms with E-state index in [1.54, 1.807) is 13.0 Å². The Kier molecular flexibility index (Phi) is 10.9. The predicted molar refractivity (Wildman–Crippen MR) is 121 cm³/mol. The standard InChI is InChI=1S/C21H33BFN5O/c1-15(13-16(2)23)9-7-11-24-20-19(17(3)26-14-27-20)28-18(4)21(29)25-12-8-10-22(5)6/h7,9,13-14,16H,8,10-12H2,1-6H3,(H,25,29)(H,24,26,27)/b9-7-,15-13-,28-18+. The van der Waals surface area contributed by atoms with Crippen LogP contribution < -0.4 is 10.6 Å². The molecule has 0 aliphatic carbocycles. The fourth-order valence-corrected chi connectivity index (χ4v) is 2.61. The number of carbonyl (C=O) groups excluding carboxylic acids is 1. The number of aryl methyl sites for hydroxylation is 1. The first-order valence-electron chi connectivity index (χ1n) is 10.1. The molecule has 0 aliphatic rings. The normalized spacial score (nSPS) is 13.5. The van der Waals surface area contributed by atoms with E-state index < -0.39 is 6.17 Å². The molecule has 0 spiro atoms. The van der Waals surface area contributed by atoms with E-state index in [0.717, 1.165) is 18.3 Å². The summed E-state index contributed by atoms with van der Waals surface area (Å²) >= 11 is 0. The van der Waals surface area contributed by atoms with Crippen LogP contribution in [0.2, 0.25) is 20.0 Å². The number of carbonyl (C=O) groups is 1. The molecule has 1 aromatic rings. The lowest BCUT2D eigenvalue weighted by Crippen LogP contribution is -2.30. The first-order valence-corrected chi connectivity index (χ1v) is 10.1. The maximum Gasteiger partial charge on any atom is 0.265 e. The Bertz CT molecular complexity index is 759. The number of nitrogens with one attached hydrogen (secondary N) is 2. The molecule has 1 amide bonds. The van der Waals surface area contributed by atoms with Crippen molar-refractivity contribution in [3.05, 3.63) is 35.8 Å². The molecule has 1 aromatic heterocycles. The van der Waals surface area contributed by atoms with Crippen molar-refractivity contribution in [1.82, 2.24) is 15.3 Å². The van der Waals surface area contributed by atoms with Crippen molar-refractivity contribution in [3.63, 3.8) is 0 Å². The van der Waals surface area contributed by atoms with E-state index in [4.69, 9.17) is 0 Å². The van der Waals surface area contributed by atoms with Crippen LogP contribution in [-0.2, 0) is 4.79 Å². The number of hydrogen-bond acceptors (Lipinski definition) is 5. The molecule has 1 rings (SSSR count). The zero-order chi connectivity index (χ0) is 21.8. The summed E-state index contributed by atoms with van der Waals surface area (Å²) in [5.74, 6) is 0.360. The maximum absolute atomic E-state index is 13.0. The number of aromatic nitrogens is 2. The summed E-state index contributed by atoms with van der Waals surface area (Å²) in [5, 5.41) is 6.07. The van der Waals surface area contributed by atoms with Crippen molar-refractivity contribution in [1.29, 1.82) is 0 Å². The van der Waals surface area contributed by atoms with Gasteiger partial charge < -0.3 is 10.6 Å². The van der Waals surface area contributed by atoms with Gasteiger partial charge in [0.2, 0.25) is 0 Å². The third-order valence-electron chi connectivity index (χ3n) is 4.12. The maximum atomic E-state index is 13.0. The Labute approximate surface area is 174 Å². The zero-order valence-electron chi connectivity index (χ0n) is 18.4. The van der Waals surface area contributed by atoms with Crippen molar-refractivity contribution in [2.75, 3.05) is 18.4 Å². The molecule has 29 heavy (non-hydrogen) atoms.